The summed E-state index contributed by atoms with van der Waals surface area (Å²) in [5, 5.41) is 19.8. The molecule has 0 saturated carbocycles. The Hall–Kier alpha value is -2.58. The predicted octanol–water partition coefficient (Wildman–Crippen LogP) is 6.03. The van der Waals surface area contributed by atoms with Crippen LogP contribution in [0.4, 0.5) is 0 Å². The molecular weight excluding hydrogens is 448 g/mol. The molecule has 2 aromatic carbocycles. The highest BCUT2D eigenvalue weighted by Crippen LogP contribution is 2.24. The van der Waals surface area contributed by atoms with E-state index in [-0.39, 0.29) is 0 Å². The van der Waals surface area contributed by atoms with E-state index in [0.29, 0.717) is 0 Å². The van der Waals surface area contributed by atoms with E-state index >= 15 is 0 Å². The molecule has 0 fully saturated rings. The number of rotatable bonds is 12. The smallest absolute Gasteiger partial charge is 0.195 e. The van der Waals surface area contributed by atoms with Crippen LogP contribution >= 0.6 is 23.5 Å². The number of thioether (sulfide) groups is 2. The summed E-state index contributed by atoms with van der Waals surface area (Å²) >= 11 is 3.47. The number of nitrogens with zero attached hydrogens (tertiary/aromatic N) is 6. The molecule has 8 heteroatoms. The molecule has 6 nitrogen and oxygen atoms in total. The minimum absolute atomic E-state index is 0.911. The summed E-state index contributed by atoms with van der Waals surface area (Å²) in [7, 11) is 0. The van der Waals surface area contributed by atoms with Crippen molar-refractivity contribution in [2.45, 2.75) is 56.3 Å². The Balaban J connectivity index is 1.38. The highest BCUT2D eigenvalue weighted by molar-refractivity contribution is 7.99. The largest absolute Gasteiger partial charge is 0.274 e. The number of benzene rings is 2. The molecule has 0 atom stereocenters. The molecule has 4 aromatic rings. The fourth-order valence-electron chi connectivity index (χ4n) is 3.79. The quantitative estimate of drug-likeness (QED) is 0.183. The van der Waals surface area contributed by atoms with E-state index in [1.165, 1.54) is 0 Å². The third kappa shape index (κ3) is 5.86. The van der Waals surface area contributed by atoms with Crippen LogP contribution in [0.5, 0.6) is 0 Å². The Morgan fingerprint density at radius 1 is 0.576 bits per heavy atom. The van der Waals surface area contributed by atoms with Crippen molar-refractivity contribution in [3.63, 3.8) is 0 Å². The maximum atomic E-state index is 4.51. The van der Waals surface area contributed by atoms with Gasteiger partial charge in [0.15, 0.2) is 10.3 Å². The molecule has 0 unspecified atom stereocenters. The first-order valence-corrected chi connectivity index (χ1v) is 13.5. The lowest BCUT2D eigenvalue weighted by atomic mass is 10.1. The molecule has 0 aliphatic rings. The minimum atomic E-state index is 0.911. The summed E-state index contributed by atoms with van der Waals surface area (Å²) in [6.07, 6.45) is 5.06. The summed E-state index contributed by atoms with van der Waals surface area (Å²) in [5.41, 5.74) is 2.26. The molecule has 0 aliphatic heterocycles. The number of hydrogen-bond acceptors (Lipinski definition) is 6. The third-order valence-corrected chi connectivity index (χ3v) is 6.90. The van der Waals surface area contributed by atoms with Gasteiger partial charge in [-0.05, 0) is 48.6 Å². The van der Waals surface area contributed by atoms with Gasteiger partial charge in [0.25, 0.3) is 0 Å². The van der Waals surface area contributed by atoms with Gasteiger partial charge in [-0.3, -0.25) is 9.13 Å². The Labute approximate surface area is 204 Å². The van der Waals surface area contributed by atoms with Gasteiger partial charge >= 0.3 is 0 Å². The van der Waals surface area contributed by atoms with E-state index in [4.69, 9.17) is 0 Å². The summed E-state index contributed by atoms with van der Waals surface area (Å²) in [5.74, 6) is 4.02. The molecule has 0 spiro atoms. The van der Waals surface area contributed by atoms with Gasteiger partial charge in [-0.15, -0.1) is 20.4 Å². The molecule has 0 N–H and O–H groups in total. The second-order valence-electron chi connectivity index (χ2n) is 7.57. The first kappa shape index (κ1) is 23.6. The molecule has 0 saturated heterocycles. The van der Waals surface area contributed by atoms with Crippen molar-refractivity contribution < 1.29 is 0 Å². The van der Waals surface area contributed by atoms with E-state index in [9.17, 15) is 0 Å². The number of hydrogen-bond donors (Lipinski definition) is 0. The fraction of sp³-hybridized carbons (Fsp3) is 0.360. The van der Waals surface area contributed by atoms with Crippen LogP contribution in [0.25, 0.3) is 11.4 Å². The van der Waals surface area contributed by atoms with Crippen LogP contribution < -0.4 is 0 Å². The molecular formula is C25H30N6S2. The van der Waals surface area contributed by atoms with Crippen molar-refractivity contribution >= 4 is 23.5 Å². The van der Waals surface area contributed by atoms with Crippen molar-refractivity contribution in [3.05, 3.63) is 72.3 Å². The first-order chi connectivity index (χ1) is 16.3. The van der Waals surface area contributed by atoms with Crippen LogP contribution in [0.3, 0.4) is 0 Å². The van der Waals surface area contributed by atoms with E-state index in [1.54, 1.807) is 23.5 Å². The van der Waals surface area contributed by atoms with E-state index in [0.717, 1.165) is 76.9 Å². The molecule has 172 valence electrons. The Morgan fingerprint density at radius 2 is 1.00 bits per heavy atom. The maximum absolute atomic E-state index is 4.51. The van der Waals surface area contributed by atoms with Gasteiger partial charge in [0, 0.05) is 24.2 Å². The molecule has 0 aliphatic carbocycles. The van der Waals surface area contributed by atoms with Crippen LogP contribution in [-0.4, -0.2) is 41.0 Å². The molecule has 0 bridgehead atoms. The SMILES string of the molecule is CCSc1nnc(CCCCCc2nnc(SCC)n2-c2ccccc2)n1-c1ccccc1. The zero-order valence-electron chi connectivity index (χ0n) is 19.2. The third-order valence-electron chi connectivity index (χ3n) is 5.28. The van der Waals surface area contributed by atoms with Gasteiger partial charge in [-0.1, -0.05) is 80.2 Å². The summed E-state index contributed by atoms with van der Waals surface area (Å²) in [6.45, 7) is 4.29. The molecule has 33 heavy (non-hydrogen) atoms. The van der Waals surface area contributed by atoms with Crippen molar-refractivity contribution in [2.75, 3.05) is 11.5 Å². The van der Waals surface area contributed by atoms with Crippen LogP contribution in [0.2, 0.25) is 0 Å². The van der Waals surface area contributed by atoms with Gasteiger partial charge in [-0.2, -0.15) is 0 Å². The number of aromatic nitrogens is 6. The fourth-order valence-corrected chi connectivity index (χ4v) is 5.18. The second kappa shape index (κ2) is 12.0. The van der Waals surface area contributed by atoms with Gasteiger partial charge < -0.3 is 0 Å². The molecule has 0 radical (unpaired) electrons. The van der Waals surface area contributed by atoms with Gasteiger partial charge in [-0.25, -0.2) is 0 Å². The van der Waals surface area contributed by atoms with Crippen LogP contribution in [-0.2, 0) is 12.8 Å². The lowest BCUT2D eigenvalue weighted by molar-refractivity contribution is 0.634. The van der Waals surface area contributed by atoms with Gasteiger partial charge in [0.1, 0.15) is 11.6 Å². The van der Waals surface area contributed by atoms with Crippen LogP contribution in [0, 0.1) is 0 Å². The van der Waals surface area contributed by atoms with Gasteiger partial charge in [0.05, 0.1) is 0 Å². The molecule has 0 amide bonds. The average Bonchev–Trinajstić information content (AvgIpc) is 3.44. The summed E-state index contributed by atoms with van der Waals surface area (Å²) < 4.78 is 4.41. The predicted molar refractivity (Wildman–Crippen MR) is 137 cm³/mol. The topological polar surface area (TPSA) is 61.4 Å². The van der Waals surface area contributed by atoms with E-state index < -0.39 is 0 Å². The Kier molecular flexibility index (Phi) is 8.60. The Bertz CT molecular complexity index is 1030. The van der Waals surface area contributed by atoms with E-state index in [1.807, 2.05) is 12.1 Å². The van der Waals surface area contributed by atoms with Crippen molar-refractivity contribution in [1.29, 1.82) is 0 Å². The molecule has 4 rings (SSSR count). The normalized spacial score (nSPS) is 11.2. The highest BCUT2D eigenvalue weighted by Gasteiger charge is 2.15. The van der Waals surface area contributed by atoms with Crippen LogP contribution in [0.1, 0.15) is 44.8 Å². The van der Waals surface area contributed by atoms with E-state index in [2.05, 4.69) is 91.9 Å². The second-order valence-corrected chi connectivity index (χ2v) is 10.0. The van der Waals surface area contributed by atoms with Crippen molar-refractivity contribution in [3.8, 4) is 11.4 Å². The summed E-state index contributed by atoms with van der Waals surface area (Å²) in [4.78, 5) is 0. The molecule has 2 heterocycles. The highest BCUT2D eigenvalue weighted by atomic mass is 32.2. The summed E-state index contributed by atoms with van der Waals surface area (Å²) in [6, 6.07) is 20.8. The minimum Gasteiger partial charge on any atom is -0.274 e. The molecule has 2 aromatic heterocycles. The van der Waals surface area contributed by atoms with Crippen LogP contribution in [0.15, 0.2) is 71.0 Å². The first-order valence-electron chi connectivity index (χ1n) is 11.6. The number of unbranched alkanes of at least 4 members (excludes halogenated alkanes) is 2. The van der Waals surface area contributed by atoms with Gasteiger partial charge in [0.2, 0.25) is 0 Å². The zero-order chi connectivity index (χ0) is 22.9. The van der Waals surface area contributed by atoms with Crippen molar-refractivity contribution in [1.82, 2.24) is 29.5 Å². The number of para-hydroxylation sites is 2. The number of aryl methyl sites for hydroxylation is 2. The Morgan fingerprint density at radius 3 is 1.39 bits per heavy atom. The standard InChI is InChI=1S/C25H30N6S2/c1-3-32-24-28-26-22(30(24)20-14-8-5-9-15-20)18-12-7-13-19-23-27-29-25(33-4-2)31(23)21-16-10-6-11-17-21/h5-6,8-11,14-17H,3-4,7,12-13,18-19H2,1-2H3. The van der Waals surface area contributed by atoms with Crippen molar-refractivity contribution in [2.24, 2.45) is 0 Å². The average molecular weight is 479 g/mol. The zero-order valence-corrected chi connectivity index (χ0v) is 20.9. The maximum Gasteiger partial charge on any atom is 0.195 e. The lowest BCUT2D eigenvalue weighted by Crippen LogP contribution is -2.04. The monoisotopic (exact) mass is 478 g/mol. The lowest BCUT2D eigenvalue weighted by Gasteiger charge is -2.10.